The first-order valence-electron chi connectivity index (χ1n) is 5.50. The maximum atomic E-state index is 2.89. The van der Waals surface area contributed by atoms with Crippen LogP contribution in [0.5, 0.6) is 0 Å². The van der Waals surface area contributed by atoms with E-state index < -0.39 is 0 Å². The van der Waals surface area contributed by atoms with E-state index in [1.807, 2.05) is 30.3 Å². The lowest BCUT2D eigenvalue weighted by molar-refractivity contribution is 1.11. The van der Waals surface area contributed by atoms with Crippen molar-refractivity contribution >= 4 is 0 Å². The molecule has 0 heterocycles. The molecule has 1 fully saturated rings. The third-order valence-electron chi connectivity index (χ3n) is 2.99. The minimum atomic E-state index is 0.966. The van der Waals surface area contributed by atoms with Gasteiger partial charge in [-0.1, -0.05) is 48.5 Å². The number of hydrogen-bond donors (Lipinski definition) is 0. The fourth-order valence-electron chi connectivity index (χ4n) is 1.89. The molecule has 1 radical (unpaired) electrons. The summed E-state index contributed by atoms with van der Waals surface area (Å²) in [7, 11) is 0. The second-order valence-corrected chi connectivity index (χ2v) is 4.15. The van der Waals surface area contributed by atoms with Crippen LogP contribution in [0.25, 0.3) is 11.1 Å². The van der Waals surface area contributed by atoms with Crippen LogP contribution in [0, 0.1) is 6.07 Å². The summed E-state index contributed by atoms with van der Waals surface area (Å²) in [6.07, 6.45) is 2.88. The van der Waals surface area contributed by atoms with Crippen molar-refractivity contribution in [3.8, 4) is 11.1 Å². The van der Waals surface area contributed by atoms with Crippen molar-refractivity contribution < 1.29 is 0 Å². The minimum Gasteiger partial charge on any atom is -0.0622 e. The molecule has 4 rings (SSSR count). The quantitative estimate of drug-likeness (QED) is 0.547. The molecular formula is C15H13. The van der Waals surface area contributed by atoms with Crippen LogP contribution in [-0.4, -0.2) is 0 Å². The monoisotopic (exact) mass is 193 g/mol. The van der Waals surface area contributed by atoms with Crippen molar-refractivity contribution in [2.75, 3.05) is 0 Å². The highest BCUT2D eigenvalue weighted by atomic mass is 14.3. The number of hydrogen-bond acceptors (Lipinski definition) is 0. The van der Waals surface area contributed by atoms with Crippen LogP contribution < -0.4 is 0 Å². The lowest BCUT2D eigenvalue weighted by Gasteiger charge is -2.20. The maximum Gasteiger partial charge on any atom is -0.0149 e. The van der Waals surface area contributed by atoms with Gasteiger partial charge in [0.05, 0.1) is 0 Å². The number of rotatable bonds is 1. The molecule has 0 aliphatic heterocycles. The topological polar surface area (TPSA) is 0 Å². The van der Waals surface area contributed by atoms with Crippen LogP contribution in [0.4, 0.5) is 0 Å². The average Bonchev–Trinajstić information content (AvgIpc) is 3.09. The Hall–Kier alpha value is -1.56. The second kappa shape index (κ2) is 3.54. The molecule has 1 aromatic rings. The summed E-state index contributed by atoms with van der Waals surface area (Å²) in [4.78, 5) is 0. The first kappa shape index (κ1) is 8.72. The van der Waals surface area contributed by atoms with Gasteiger partial charge in [0.15, 0.2) is 0 Å². The van der Waals surface area contributed by atoms with Crippen molar-refractivity contribution in [2.45, 2.75) is 18.8 Å². The van der Waals surface area contributed by atoms with Gasteiger partial charge < -0.3 is 0 Å². The molecule has 0 spiro atoms. The van der Waals surface area contributed by atoms with E-state index in [0.717, 1.165) is 5.92 Å². The van der Waals surface area contributed by atoms with Crippen molar-refractivity contribution in [2.24, 2.45) is 0 Å². The van der Waals surface area contributed by atoms with Crippen molar-refractivity contribution in [3.05, 3.63) is 60.2 Å². The molecule has 0 atom stereocenters. The molecular weight excluding hydrogens is 180 g/mol. The Balaban J connectivity index is 0.000000106. The van der Waals surface area contributed by atoms with Gasteiger partial charge in [-0.2, -0.15) is 0 Å². The Morgan fingerprint density at radius 3 is 2.07 bits per heavy atom. The molecule has 1 saturated carbocycles. The van der Waals surface area contributed by atoms with Crippen molar-refractivity contribution in [3.63, 3.8) is 0 Å². The second-order valence-electron chi connectivity index (χ2n) is 4.15. The average molecular weight is 193 g/mol. The fourth-order valence-corrected chi connectivity index (χ4v) is 1.89. The normalized spacial score (nSPS) is 15.2. The third kappa shape index (κ3) is 1.68. The zero-order valence-corrected chi connectivity index (χ0v) is 8.61. The summed E-state index contributed by atoms with van der Waals surface area (Å²) in [5, 5.41) is 0. The summed E-state index contributed by atoms with van der Waals surface area (Å²) in [5.74, 6) is 0.966. The standard InChI is InChI=1S/C9H8.C6H5/c1-2-6(1)9-5-7-3-4-8(7)9;1-2-4-6-5-3-1/h3-6H,1-2H2;1-5H. The third-order valence-corrected chi connectivity index (χ3v) is 2.99. The molecule has 0 amide bonds. The highest BCUT2D eigenvalue weighted by Crippen LogP contribution is 2.50. The molecule has 0 saturated heterocycles. The minimum absolute atomic E-state index is 0.966. The summed E-state index contributed by atoms with van der Waals surface area (Å²) >= 11 is 0. The van der Waals surface area contributed by atoms with E-state index in [2.05, 4.69) is 24.3 Å². The molecule has 3 aliphatic carbocycles. The van der Waals surface area contributed by atoms with Gasteiger partial charge in [-0.3, -0.25) is 0 Å². The summed E-state index contributed by atoms with van der Waals surface area (Å²) < 4.78 is 0. The van der Waals surface area contributed by atoms with Crippen LogP contribution in [0.15, 0.2) is 48.5 Å². The lowest BCUT2D eigenvalue weighted by Crippen LogP contribution is -1.97. The number of fused-ring (bicyclic) bond motifs is 1. The van der Waals surface area contributed by atoms with Crippen LogP contribution in [-0.2, 0) is 0 Å². The maximum absolute atomic E-state index is 2.89. The van der Waals surface area contributed by atoms with E-state index in [-0.39, 0.29) is 0 Å². The largest absolute Gasteiger partial charge is 0.0622 e. The summed E-state index contributed by atoms with van der Waals surface area (Å²) in [6.45, 7) is 0. The molecule has 0 bridgehead atoms. The Morgan fingerprint density at radius 2 is 1.80 bits per heavy atom. The Morgan fingerprint density at radius 1 is 1.00 bits per heavy atom. The summed E-state index contributed by atoms with van der Waals surface area (Å²) in [6, 6.07) is 19.3. The smallest absolute Gasteiger partial charge is 0.0149 e. The molecule has 0 N–H and O–H groups in total. The Labute approximate surface area is 90.6 Å². The van der Waals surface area contributed by atoms with E-state index in [4.69, 9.17) is 0 Å². The highest BCUT2D eigenvalue weighted by Gasteiger charge is 2.30. The van der Waals surface area contributed by atoms with E-state index in [1.165, 1.54) is 18.4 Å². The molecule has 0 unspecified atom stereocenters. The molecule has 0 heteroatoms. The van der Waals surface area contributed by atoms with Crippen LogP contribution in [0.1, 0.15) is 24.3 Å². The van der Waals surface area contributed by atoms with E-state index in [9.17, 15) is 0 Å². The summed E-state index contributed by atoms with van der Waals surface area (Å²) in [5.41, 5.74) is 4.71. The Kier molecular flexibility index (Phi) is 2.06. The van der Waals surface area contributed by atoms with Gasteiger partial charge in [-0.15, -0.1) is 0 Å². The highest BCUT2D eigenvalue weighted by molar-refractivity contribution is 5.82. The van der Waals surface area contributed by atoms with Gasteiger partial charge in [-0.25, -0.2) is 0 Å². The predicted molar refractivity (Wildman–Crippen MR) is 62.7 cm³/mol. The first-order valence-corrected chi connectivity index (χ1v) is 5.50. The SMILES string of the molecule is [c]1ccccc1.c1cc2c(C3CC3)cc1-2. The van der Waals surface area contributed by atoms with Gasteiger partial charge >= 0.3 is 0 Å². The van der Waals surface area contributed by atoms with Crippen molar-refractivity contribution in [1.29, 1.82) is 0 Å². The Bertz CT molecular complexity index is 426. The molecule has 0 nitrogen and oxygen atoms in total. The predicted octanol–water partition coefficient (Wildman–Crippen LogP) is 4.03. The molecule has 1 aromatic carbocycles. The lowest BCUT2D eigenvalue weighted by atomic mass is 9.84. The van der Waals surface area contributed by atoms with Crippen LogP contribution in [0.2, 0.25) is 0 Å². The number of benzene rings is 2. The van der Waals surface area contributed by atoms with E-state index in [0.29, 0.717) is 0 Å². The van der Waals surface area contributed by atoms with Crippen LogP contribution in [0.3, 0.4) is 0 Å². The zero-order valence-electron chi connectivity index (χ0n) is 8.61. The van der Waals surface area contributed by atoms with Gasteiger partial charge in [0.1, 0.15) is 0 Å². The van der Waals surface area contributed by atoms with E-state index in [1.54, 1.807) is 11.1 Å². The zero-order chi connectivity index (χ0) is 10.1. The van der Waals surface area contributed by atoms with E-state index >= 15 is 0 Å². The first-order chi connectivity index (χ1) is 7.45. The molecule has 3 aliphatic rings. The molecule has 73 valence electrons. The van der Waals surface area contributed by atoms with Crippen LogP contribution >= 0.6 is 0 Å². The van der Waals surface area contributed by atoms with Gasteiger partial charge in [0, 0.05) is 0 Å². The fraction of sp³-hybridized carbons (Fsp3) is 0.200. The van der Waals surface area contributed by atoms with Gasteiger partial charge in [-0.05, 0) is 41.5 Å². The van der Waals surface area contributed by atoms with Gasteiger partial charge in [0.25, 0.3) is 0 Å². The van der Waals surface area contributed by atoms with Crippen molar-refractivity contribution in [1.82, 2.24) is 0 Å². The molecule has 0 aromatic heterocycles. The molecule has 15 heavy (non-hydrogen) atoms. The van der Waals surface area contributed by atoms with Gasteiger partial charge in [0.2, 0.25) is 0 Å².